The minimum absolute atomic E-state index is 0.0301. The van der Waals surface area contributed by atoms with E-state index in [0.29, 0.717) is 13.0 Å². The van der Waals surface area contributed by atoms with Gasteiger partial charge < -0.3 is 20.1 Å². The zero-order chi connectivity index (χ0) is 25.1. The molecule has 1 heterocycles. The number of benzene rings is 2. The number of amides is 2. The predicted molar refractivity (Wildman–Crippen MR) is 133 cm³/mol. The number of carboxylic acids is 1. The molecule has 0 saturated carbocycles. The maximum atomic E-state index is 13.4. The van der Waals surface area contributed by atoms with E-state index < -0.39 is 24.0 Å². The standard InChI is InChI=1S/C28H34N2O5/c1-17(2)26(27(33)30-14-8-9-19(30)15-25(31)32)18(3)29-28(34)35-16-24-22-12-6-4-10-20(22)21-11-5-7-13-23(21)24/h4-7,10-13,17-19,24,26H,8-9,14-16H2,1-3H3,(H,29,34)(H,31,32)/t18?,19-,26?/m1/s1. The number of fused-ring (bicyclic) bond motifs is 3. The number of alkyl carbamates (subject to hydrolysis) is 1. The zero-order valence-corrected chi connectivity index (χ0v) is 20.6. The molecule has 186 valence electrons. The molecule has 1 fully saturated rings. The van der Waals surface area contributed by atoms with E-state index in [0.717, 1.165) is 28.7 Å². The third-order valence-electron chi connectivity index (χ3n) is 7.30. The van der Waals surface area contributed by atoms with Gasteiger partial charge in [0, 0.05) is 24.5 Å². The van der Waals surface area contributed by atoms with Gasteiger partial charge >= 0.3 is 12.1 Å². The van der Waals surface area contributed by atoms with Gasteiger partial charge in [-0.15, -0.1) is 0 Å². The van der Waals surface area contributed by atoms with Gasteiger partial charge in [-0.1, -0.05) is 62.4 Å². The normalized spacial score (nSPS) is 18.6. The van der Waals surface area contributed by atoms with Crippen LogP contribution in [0.2, 0.25) is 0 Å². The first-order valence-corrected chi connectivity index (χ1v) is 12.4. The third kappa shape index (κ3) is 5.19. The molecular weight excluding hydrogens is 444 g/mol. The lowest BCUT2D eigenvalue weighted by atomic mass is 9.87. The number of carbonyl (C=O) groups is 3. The van der Waals surface area contributed by atoms with E-state index in [-0.39, 0.29) is 36.8 Å². The summed E-state index contributed by atoms with van der Waals surface area (Å²) in [6.45, 7) is 6.46. The molecule has 2 amide bonds. The Morgan fingerprint density at radius 2 is 1.63 bits per heavy atom. The van der Waals surface area contributed by atoms with Crippen LogP contribution in [0.1, 0.15) is 57.1 Å². The molecule has 2 aliphatic rings. The zero-order valence-electron chi connectivity index (χ0n) is 20.6. The Balaban J connectivity index is 1.40. The summed E-state index contributed by atoms with van der Waals surface area (Å²) < 4.78 is 5.67. The number of hydrogen-bond donors (Lipinski definition) is 2. The molecule has 0 spiro atoms. The van der Waals surface area contributed by atoms with Crippen molar-refractivity contribution in [3.05, 3.63) is 59.7 Å². The van der Waals surface area contributed by atoms with Crippen LogP contribution < -0.4 is 5.32 Å². The molecule has 0 bridgehead atoms. The number of carboxylic acid groups (broad SMARTS) is 1. The Hall–Kier alpha value is -3.35. The number of nitrogens with zero attached hydrogens (tertiary/aromatic N) is 1. The molecule has 2 N–H and O–H groups in total. The Morgan fingerprint density at radius 3 is 2.20 bits per heavy atom. The number of likely N-dealkylation sites (tertiary alicyclic amines) is 1. The molecule has 35 heavy (non-hydrogen) atoms. The molecule has 0 radical (unpaired) electrons. The lowest BCUT2D eigenvalue weighted by molar-refractivity contribution is -0.142. The van der Waals surface area contributed by atoms with Gasteiger partial charge in [-0.25, -0.2) is 4.79 Å². The summed E-state index contributed by atoms with van der Waals surface area (Å²) in [5.74, 6) is -1.54. The summed E-state index contributed by atoms with van der Waals surface area (Å²) in [6.07, 6.45) is 0.881. The monoisotopic (exact) mass is 478 g/mol. The maximum Gasteiger partial charge on any atom is 0.407 e. The second-order valence-electron chi connectivity index (χ2n) is 9.95. The van der Waals surface area contributed by atoms with Crippen molar-refractivity contribution < 1.29 is 24.2 Å². The molecule has 1 saturated heterocycles. The van der Waals surface area contributed by atoms with Gasteiger partial charge in [0.2, 0.25) is 5.91 Å². The van der Waals surface area contributed by atoms with Gasteiger partial charge in [-0.05, 0) is 47.9 Å². The molecule has 4 rings (SSSR count). The highest BCUT2D eigenvalue weighted by molar-refractivity contribution is 5.82. The first-order valence-electron chi connectivity index (χ1n) is 12.4. The average Bonchev–Trinajstić information content (AvgIpc) is 3.39. The Morgan fingerprint density at radius 1 is 1.03 bits per heavy atom. The lowest BCUT2D eigenvalue weighted by Crippen LogP contribution is -2.50. The van der Waals surface area contributed by atoms with Gasteiger partial charge in [-0.3, -0.25) is 9.59 Å². The van der Waals surface area contributed by atoms with Gasteiger partial charge in [0.1, 0.15) is 6.61 Å². The molecule has 1 aliphatic carbocycles. The van der Waals surface area contributed by atoms with Crippen LogP contribution in [0.4, 0.5) is 4.79 Å². The second kappa shape index (κ2) is 10.5. The summed E-state index contributed by atoms with van der Waals surface area (Å²) in [6, 6.07) is 15.6. The van der Waals surface area contributed by atoms with Crippen LogP contribution in [-0.2, 0) is 14.3 Å². The van der Waals surface area contributed by atoms with Gasteiger partial charge in [0.15, 0.2) is 0 Å². The lowest BCUT2D eigenvalue weighted by Gasteiger charge is -2.33. The van der Waals surface area contributed by atoms with Gasteiger partial charge in [0.25, 0.3) is 0 Å². The fraction of sp³-hybridized carbons (Fsp3) is 0.464. The first-order chi connectivity index (χ1) is 16.8. The van der Waals surface area contributed by atoms with Crippen LogP contribution in [0.5, 0.6) is 0 Å². The number of carbonyl (C=O) groups excluding carboxylic acids is 2. The minimum Gasteiger partial charge on any atom is -0.481 e. The fourth-order valence-electron chi connectivity index (χ4n) is 5.72. The smallest absolute Gasteiger partial charge is 0.407 e. The number of nitrogens with one attached hydrogen (secondary N) is 1. The largest absolute Gasteiger partial charge is 0.481 e. The molecule has 7 nitrogen and oxygen atoms in total. The van der Waals surface area contributed by atoms with E-state index in [2.05, 4.69) is 29.6 Å². The van der Waals surface area contributed by atoms with Crippen molar-refractivity contribution in [2.24, 2.45) is 11.8 Å². The number of ether oxygens (including phenoxy) is 1. The Kier molecular flexibility index (Phi) is 7.43. The predicted octanol–water partition coefficient (Wildman–Crippen LogP) is 4.65. The summed E-state index contributed by atoms with van der Waals surface area (Å²) in [5.41, 5.74) is 4.61. The van der Waals surface area contributed by atoms with E-state index >= 15 is 0 Å². The van der Waals surface area contributed by atoms with E-state index in [9.17, 15) is 19.5 Å². The van der Waals surface area contributed by atoms with Crippen LogP contribution in [0.25, 0.3) is 11.1 Å². The van der Waals surface area contributed by atoms with Crippen LogP contribution in [0.3, 0.4) is 0 Å². The molecule has 0 aromatic heterocycles. The molecule has 2 aromatic rings. The first kappa shape index (κ1) is 24.8. The van der Waals surface area contributed by atoms with E-state index in [1.165, 1.54) is 0 Å². The topological polar surface area (TPSA) is 95.9 Å². The highest BCUT2D eigenvalue weighted by atomic mass is 16.5. The van der Waals surface area contributed by atoms with E-state index in [4.69, 9.17) is 4.74 Å². The number of hydrogen-bond acceptors (Lipinski definition) is 4. The van der Waals surface area contributed by atoms with Crippen molar-refractivity contribution in [3.8, 4) is 11.1 Å². The van der Waals surface area contributed by atoms with Gasteiger partial charge in [-0.2, -0.15) is 0 Å². The summed E-state index contributed by atoms with van der Waals surface area (Å²) in [4.78, 5) is 39.1. The van der Waals surface area contributed by atoms with E-state index in [1.54, 1.807) is 4.90 Å². The van der Waals surface area contributed by atoms with Crippen LogP contribution in [0, 0.1) is 11.8 Å². The Labute approximate surface area is 206 Å². The van der Waals surface area contributed by atoms with Crippen molar-refractivity contribution in [2.75, 3.05) is 13.2 Å². The SMILES string of the molecule is CC(C)C(C(=O)N1CCC[C@@H]1CC(=O)O)C(C)NC(=O)OCC1c2ccccc2-c2ccccc21. The maximum absolute atomic E-state index is 13.4. The van der Waals surface area contributed by atoms with Gasteiger partial charge in [0.05, 0.1) is 12.3 Å². The number of aliphatic carboxylic acids is 1. The summed E-state index contributed by atoms with van der Waals surface area (Å²) >= 11 is 0. The minimum atomic E-state index is -0.902. The van der Waals surface area contributed by atoms with Crippen molar-refractivity contribution in [1.29, 1.82) is 0 Å². The quantitative estimate of drug-likeness (QED) is 0.576. The van der Waals surface area contributed by atoms with Crippen LogP contribution in [0.15, 0.2) is 48.5 Å². The van der Waals surface area contributed by atoms with Crippen LogP contribution >= 0.6 is 0 Å². The molecular formula is C28H34N2O5. The van der Waals surface area contributed by atoms with Crippen molar-refractivity contribution >= 4 is 18.0 Å². The average molecular weight is 479 g/mol. The molecule has 2 aromatic carbocycles. The molecule has 1 aliphatic heterocycles. The molecule has 3 atom stereocenters. The Bertz CT molecular complexity index is 1050. The van der Waals surface area contributed by atoms with Crippen molar-refractivity contribution in [3.63, 3.8) is 0 Å². The number of rotatable bonds is 8. The van der Waals surface area contributed by atoms with Crippen LogP contribution in [-0.4, -0.2) is 53.2 Å². The summed E-state index contributed by atoms with van der Waals surface area (Å²) in [7, 11) is 0. The van der Waals surface area contributed by atoms with Crippen molar-refractivity contribution in [2.45, 2.75) is 58.0 Å². The molecule has 2 unspecified atom stereocenters. The highest BCUT2D eigenvalue weighted by Crippen LogP contribution is 2.44. The summed E-state index contributed by atoms with van der Waals surface area (Å²) in [5, 5.41) is 12.1. The third-order valence-corrected chi connectivity index (χ3v) is 7.30. The molecule has 7 heteroatoms. The highest BCUT2D eigenvalue weighted by Gasteiger charge is 2.38. The fourth-order valence-corrected chi connectivity index (χ4v) is 5.72. The van der Waals surface area contributed by atoms with Crippen molar-refractivity contribution in [1.82, 2.24) is 10.2 Å². The second-order valence-corrected chi connectivity index (χ2v) is 9.95. The van der Waals surface area contributed by atoms with E-state index in [1.807, 2.05) is 45.0 Å².